The van der Waals surface area contributed by atoms with Crippen molar-refractivity contribution in [2.75, 3.05) is 26.9 Å². The maximum absolute atomic E-state index is 14.7. The molecule has 29 heavy (non-hydrogen) atoms. The molecule has 156 valence electrons. The van der Waals surface area contributed by atoms with Gasteiger partial charge < -0.3 is 24.1 Å². The summed E-state index contributed by atoms with van der Waals surface area (Å²) in [5.74, 6) is -0.627. The summed E-state index contributed by atoms with van der Waals surface area (Å²) in [5.41, 5.74) is 1.60. The van der Waals surface area contributed by atoms with Gasteiger partial charge in [0.1, 0.15) is 6.61 Å². The van der Waals surface area contributed by atoms with E-state index in [4.69, 9.17) is 14.2 Å². The molecule has 2 heterocycles. The predicted molar refractivity (Wildman–Crippen MR) is 104 cm³/mol. The van der Waals surface area contributed by atoms with Crippen molar-refractivity contribution in [1.82, 2.24) is 14.9 Å². The lowest BCUT2D eigenvalue weighted by Crippen LogP contribution is -2.39. The Balaban J connectivity index is 1.43. The molecule has 8 heteroatoms. The number of ether oxygens (including phenoxy) is 3. The zero-order chi connectivity index (χ0) is 20.2. The molecule has 1 aromatic carbocycles. The van der Waals surface area contributed by atoms with Crippen LogP contribution in [0.25, 0.3) is 11.3 Å². The third kappa shape index (κ3) is 4.43. The van der Waals surface area contributed by atoms with Gasteiger partial charge in [0.15, 0.2) is 11.6 Å². The molecular weight excluding hydrogens is 377 g/mol. The van der Waals surface area contributed by atoms with Crippen molar-refractivity contribution in [2.24, 2.45) is 0 Å². The van der Waals surface area contributed by atoms with Crippen LogP contribution in [0.2, 0.25) is 0 Å². The SMILES string of the molecule is COCCOC1CCC(NC(=O)c2cc(F)c3c(c2)-c2cncn2CCO3)CC1. The van der Waals surface area contributed by atoms with Crippen molar-refractivity contribution >= 4 is 5.91 Å². The minimum absolute atomic E-state index is 0.0634. The number of carbonyl (C=O) groups excluding carboxylic acids is 1. The van der Waals surface area contributed by atoms with Gasteiger partial charge in [-0.1, -0.05) is 0 Å². The van der Waals surface area contributed by atoms with Gasteiger partial charge in [0, 0.05) is 24.3 Å². The number of methoxy groups -OCH3 is 1. The van der Waals surface area contributed by atoms with Gasteiger partial charge in [-0.05, 0) is 37.8 Å². The Labute approximate surface area is 169 Å². The number of benzene rings is 1. The second kappa shape index (κ2) is 8.92. The molecule has 2 aromatic rings. The molecule has 2 aliphatic rings. The van der Waals surface area contributed by atoms with Crippen molar-refractivity contribution in [3.05, 3.63) is 36.0 Å². The number of carbonyl (C=O) groups is 1. The van der Waals surface area contributed by atoms with Gasteiger partial charge in [-0.15, -0.1) is 0 Å². The molecule has 0 unspecified atom stereocenters. The molecule has 1 aliphatic heterocycles. The lowest BCUT2D eigenvalue weighted by molar-refractivity contribution is -0.00408. The van der Waals surface area contributed by atoms with E-state index in [0.29, 0.717) is 31.9 Å². The van der Waals surface area contributed by atoms with E-state index in [9.17, 15) is 9.18 Å². The van der Waals surface area contributed by atoms with Crippen molar-refractivity contribution < 1.29 is 23.4 Å². The molecule has 1 saturated carbocycles. The molecule has 1 amide bonds. The summed E-state index contributed by atoms with van der Waals surface area (Å²) in [4.78, 5) is 16.9. The molecule has 1 fully saturated rings. The second-order valence-corrected chi connectivity index (χ2v) is 7.47. The van der Waals surface area contributed by atoms with Crippen LogP contribution in [-0.2, 0) is 16.0 Å². The summed E-state index contributed by atoms with van der Waals surface area (Å²) in [5, 5.41) is 3.04. The Morgan fingerprint density at radius 1 is 1.31 bits per heavy atom. The third-order valence-electron chi connectivity index (χ3n) is 5.52. The third-order valence-corrected chi connectivity index (χ3v) is 5.52. The van der Waals surface area contributed by atoms with Gasteiger partial charge in [-0.25, -0.2) is 9.37 Å². The molecule has 1 aromatic heterocycles. The average molecular weight is 403 g/mol. The standard InChI is InChI=1S/C21H26FN3O4/c1-27-8-9-28-16-4-2-15(3-5-16)24-21(26)14-10-17-19-12-23-13-25(19)6-7-29-20(17)18(22)11-14/h10-13,15-16H,2-9H2,1H3,(H,24,26). The van der Waals surface area contributed by atoms with E-state index in [1.165, 1.54) is 6.07 Å². The number of halogens is 1. The average Bonchev–Trinajstić information content (AvgIpc) is 3.11. The molecule has 0 spiro atoms. The van der Waals surface area contributed by atoms with Crippen LogP contribution in [0.4, 0.5) is 4.39 Å². The second-order valence-electron chi connectivity index (χ2n) is 7.47. The number of hydrogen-bond acceptors (Lipinski definition) is 5. The molecule has 0 atom stereocenters. The van der Waals surface area contributed by atoms with Crippen LogP contribution < -0.4 is 10.1 Å². The molecule has 0 bridgehead atoms. The van der Waals surface area contributed by atoms with Crippen molar-refractivity contribution in [3.63, 3.8) is 0 Å². The van der Waals surface area contributed by atoms with E-state index in [1.54, 1.807) is 25.7 Å². The fourth-order valence-corrected chi connectivity index (χ4v) is 3.97. The molecule has 7 nitrogen and oxygen atoms in total. The van der Waals surface area contributed by atoms with Gasteiger partial charge in [0.2, 0.25) is 0 Å². The zero-order valence-electron chi connectivity index (χ0n) is 16.5. The molecule has 1 aliphatic carbocycles. The Hall–Kier alpha value is -2.45. The minimum atomic E-state index is -0.530. The van der Waals surface area contributed by atoms with Crippen LogP contribution in [-0.4, -0.2) is 54.5 Å². The first-order valence-electron chi connectivity index (χ1n) is 10.0. The molecule has 0 saturated heterocycles. The number of fused-ring (bicyclic) bond motifs is 3. The van der Waals surface area contributed by atoms with E-state index in [-0.39, 0.29) is 29.4 Å². The first kappa shape index (κ1) is 19.8. The van der Waals surface area contributed by atoms with Gasteiger partial charge in [-0.3, -0.25) is 4.79 Å². The number of aromatic nitrogens is 2. The smallest absolute Gasteiger partial charge is 0.251 e. The normalized spacial score (nSPS) is 20.9. The number of rotatable bonds is 6. The van der Waals surface area contributed by atoms with Crippen LogP contribution in [0.5, 0.6) is 5.75 Å². The Bertz CT molecular complexity index is 862. The van der Waals surface area contributed by atoms with Crippen LogP contribution >= 0.6 is 0 Å². The van der Waals surface area contributed by atoms with Crippen LogP contribution in [0.1, 0.15) is 36.0 Å². The zero-order valence-corrected chi connectivity index (χ0v) is 16.5. The van der Waals surface area contributed by atoms with Crippen molar-refractivity contribution in [1.29, 1.82) is 0 Å². The molecule has 1 N–H and O–H groups in total. The highest BCUT2D eigenvalue weighted by Crippen LogP contribution is 2.35. The summed E-state index contributed by atoms with van der Waals surface area (Å²) in [6.07, 6.45) is 7.02. The van der Waals surface area contributed by atoms with Gasteiger partial charge in [0.25, 0.3) is 5.91 Å². The fraction of sp³-hybridized carbons (Fsp3) is 0.524. The van der Waals surface area contributed by atoms with E-state index < -0.39 is 5.82 Å². The number of imidazole rings is 1. The molecular formula is C21H26FN3O4. The summed E-state index contributed by atoms with van der Waals surface area (Å²) in [6.45, 7) is 2.11. The maximum atomic E-state index is 14.7. The highest BCUT2D eigenvalue weighted by atomic mass is 19.1. The topological polar surface area (TPSA) is 74.6 Å². The highest BCUT2D eigenvalue weighted by Gasteiger charge is 2.25. The Kier molecular flexibility index (Phi) is 6.10. The lowest BCUT2D eigenvalue weighted by Gasteiger charge is -2.29. The van der Waals surface area contributed by atoms with E-state index in [1.807, 2.05) is 4.57 Å². The minimum Gasteiger partial charge on any atom is -0.488 e. The van der Waals surface area contributed by atoms with Crippen molar-refractivity contribution in [3.8, 4) is 17.0 Å². The first-order chi connectivity index (χ1) is 14.2. The van der Waals surface area contributed by atoms with E-state index >= 15 is 0 Å². The van der Waals surface area contributed by atoms with Gasteiger partial charge in [0.05, 0.1) is 44.1 Å². The van der Waals surface area contributed by atoms with Crippen LogP contribution in [0.15, 0.2) is 24.7 Å². The number of amides is 1. The number of nitrogens with zero attached hydrogens (tertiary/aromatic N) is 2. The Morgan fingerprint density at radius 3 is 2.93 bits per heavy atom. The largest absolute Gasteiger partial charge is 0.488 e. The van der Waals surface area contributed by atoms with E-state index in [2.05, 4.69) is 10.3 Å². The fourth-order valence-electron chi connectivity index (χ4n) is 3.97. The van der Waals surface area contributed by atoms with Crippen LogP contribution in [0.3, 0.4) is 0 Å². The first-order valence-corrected chi connectivity index (χ1v) is 10.0. The van der Waals surface area contributed by atoms with E-state index in [0.717, 1.165) is 31.4 Å². The molecule has 0 radical (unpaired) electrons. The molecule has 4 rings (SSSR count). The number of hydrogen-bond donors (Lipinski definition) is 1. The quantitative estimate of drug-likeness (QED) is 0.751. The summed E-state index contributed by atoms with van der Waals surface area (Å²) < 4.78 is 32.9. The lowest BCUT2D eigenvalue weighted by atomic mass is 9.92. The monoisotopic (exact) mass is 403 g/mol. The number of nitrogens with one attached hydrogen (secondary N) is 1. The highest BCUT2D eigenvalue weighted by molar-refractivity contribution is 5.96. The summed E-state index contributed by atoms with van der Waals surface area (Å²) in [7, 11) is 1.65. The van der Waals surface area contributed by atoms with Gasteiger partial charge >= 0.3 is 0 Å². The predicted octanol–water partition coefficient (Wildman–Crippen LogP) is 2.79. The van der Waals surface area contributed by atoms with Crippen molar-refractivity contribution in [2.45, 2.75) is 44.4 Å². The Morgan fingerprint density at radius 2 is 2.14 bits per heavy atom. The maximum Gasteiger partial charge on any atom is 0.251 e. The van der Waals surface area contributed by atoms with Gasteiger partial charge in [-0.2, -0.15) is 0 Å². The van der Waals surface area contributed by atoms with Crippen LogP contribution in [0, 0.1) is 5.82 Å². The summed E-state index contributed by atoms with van der Waals surface area (Å²) >= 11 is 0. The summed E-state index contributed by atoms with van der Waals surface area (Å²) in [6, 6.07) is 3.00.